The highest BCUT2D eigenvalue weighted by Gasteiger charge is 2.16. The van der Waals surface area contributed by atoms with E-state index < -0.39 is 0 Å². The smallest absolute Gasteiger partial charge is 0.227 e. The molecule has 5 nitrogen and oxygen atoms in total. The number of hydrogen-bond donors (Lipinski definition) is 2. The van der Waals surface area contributed by atoms with Gasteiger partial charge in [0.15, 0.2) is 0 Å². The molecule has 0 aliphatic carbocycles. The lowest BCUT2D eigenvalue weighted by Gasteiger charge is -2.22. The second-order valence-corrected chi connectivity index (χ2v) is 4.84. The van der Waals surface area contributed by atoms with Crippen molar-refractivity contribution >= 4 is 11.8 Å². The molecule has 0 aromatic carbocycles. The van der Waals surface area contributed by atoms with Crippen LogP contribution in [0.1, 0.15) is 43.9 Å². The van der Waals surface area contributed by atoms with Crippen LogP contribution in [0.2, 0.25) is 0 Å². The van der Waals surface area contributed by atoms with E-state index in [1.807, 2.05) is 6.92 Å². The quantitative estimate of drug-likeness (QED) is 0.633. The first-order chi connectivity index (χ1) is 8.76. The van der Waals surface area contributed by atoms with Gasteiger partial charge in [0.1, 0.15) is 5.82 Å². The number of hydrogen-bond acceptors (Lipinski definition) is 5. The number of nitrogens with two attached hydrogens (primary N) is 1. The molecule has 3 N–H and O–H groups in total. The van der Waals surface area contributed by atoms with Gasteiger partial charge in [-0.2, -0.15) is 4.98 Å². The molecule has 0 radical (unpaired) electrons. The normalized spacial score (nSPS) is 16.5. The van der Waals surface area contributed by atoms with Crippen LogP contribution >= 0.6 is 0 Å². The number of nitrogen functional groups attached to an aromatic ring is 1. The Balaban J connectivity index is 2.31. The Hall–Kier alpha value is -1.36. The molecule has 18 heavy (non-hydrogen) atoms. The number of aryl methyl sites for hydroxylation is 1. The number of hydrazine groups is 1. The molecule has 1 fully saturated rings. The molecule has 1 aliphatic heterocycles. The van der Waals surface area contributed by atoms with Crippen molar-refractivity contribution in [2.45, 2.75) is 46.0 Å². The highest BCUT2D eigenvalue weighted by Crippen LogP contribution is 2.21. The highest BCUT2D eigenvalue weighted by atomic mass is 15.3. The summed E-state index contributed by atoms with van der Waals surface area (Å²) in [5.41, 5.74) is 4.82. The first-order valence-corrected chi connectivity index (χ1v) is 6.85. The van der Waals surface area contributed by atoms with E-state index in [0.717, 1.165) is 42.5 Å². The number of aromatic nitrogens is 2. The van der Waals surface area contributed by atoms with Crippen molar-refractivity contribution in [2.75, 3.05) is 23.4 Å². The van der Waals surface area contributed by atoms with Crippen molar-refractivity contribution in [1.29, 1.82) is 0 Å². The fourth-order valence-corrected chi connectivity index (χ4v) is 2.45. The molecular weight excluding hydrogens is 226 g/mol. The maximum absolute atomic E-state index is 5.54. The summed E-state index contributed by atoms with van der Waals surface area (Å²) in [5, 5.41) is 0. The van der Waals surface area contributed by atoms with Crippen LogP contribution in [0.15, 0.2) is 0 Å². The van der Waals surface area contributed by atoms with Gasteiger partial charge in [0.2, 0.25) is 5.95 Å². The lowest BCUT2D eigenvalue weighted by molar-refractivity contribution is 0.726. The number of rotatable bonds is 3. The third-order valence-corrected chi connectivity index (χ3v) is 3.60. The Bertz CT molecular complexity index is 371. The van der Waals surface area contributed by atoms with Gasteiger partial charge in [0.25, 0.3) is 0 Å². The molecule has 1 saturated heterocycles. The molecule has 1 aromatic heterocycles. The lowest BCUT2D eigenvalue weighted by Crippen LogP contribution is -2.27. The molecule has 0 atom stereocenters. The van der Waals surface area contributed by atoms with E-state index in [1.165, 1.54) is 25.7 Å². The average molecular weight is 249 g/mol. The summed E-state index contributed by atoms with van der Waals surface area (Å²) in [4.78, 5) is 11.5. The molecule has 2 rings (SSSR count). The van der Waals surface area contributed by atoms with Gasteiger partial charge < -0.3 is 10.3 Å². The predicted molar refractivity (Wildman–Crippen MR) is 74.6 cm³/mol. The van der Waals surface area contributed by atoms with Crippen LogP contribution in [0.4, 0.5) is 11.8 Å². The average Bonchev–Trinajstić information content (AvgIpc) is 2.68. The third kappa shape index (κ3) is 2.72. The fraction of sp³-hybridized carbons (Fsp3) is 0.692. The van der Waals surface area contributed by atoms with E-state index in [1.54, 1.807) is 0 Å². The van der Waals surface area contributed by atoms with E-state index >= 15 is 0 Å². The monoisotopic (exact) mass is 249 g/mol. The van der Waals surface area contributed by atoms with Crippen LogP contribution < -0.4 is 16.2 Å². The number of nitrogens with zero attached hydrogens (tertiary/aromatic N) is 3. The molecule has 5 heteroatoms. The van der Waals surface area contributed by atoms with Crippen molar-refractivity contribution in [3.05, 3.63) is 11.3 Å². The van der Waals surface area contributed by atoms with E-state index in [0.29, 0.717) is 0 Å². The second-order valence-electron chi connectivity index (χ2n) is 4.84. The molecule has 0 spiro atoms. The molecule has 2 heterocycles. The minimum Gasteiger partial charge on any atom is -0.341 e. The summed E-state index contributed by atoms with van der Waals surface area (Å²) in [6.45, 7) is 6.23. The predicted octanol–water partition coefficient (Wildman–Crippen LogP) is 2.01. The minimum atomic E-state index is 0.751. The van der Waals surface area contributed by atoms with Crippen LogP contribution in [0.5, 0.6) is 0 Å². The lowest BCUT2D eigenvalue weighted by atomic mass is 10.2. The van der Waals surface area contributed by atoms with Crippen molar-refractivity contribution in [3.63, 3.8) is 0 Å². The van der Waals surface area contributed by atoms with Crippen LogP contribution in [0, 0.1) is 6.92 Å². The summed E-state index contributed by atoms with van der Waals surface area (Å²) in [5.74, 6) is 7.12. The first kappa shape index (κ1) is 13.1. The van der Waals surface area contributed by atoms with E-state index in [2.05, 4.69) is 27.2 Å². The maximum Gasteiger partial charge on any atom is 0.227 e. The molecule has 0 bridgehead atoms. The summed E-state index contributed by atoms with van der Waals surface area (Å²) in [6.07, 6.45) is 5.98. The number of anilines is 2. The summed E-state index contributed by atoms with van der Waals surface area (Å²) < 4.78 is 0. The van der Waals surface area contributed by atoms with Crippen LogP contribution in [-0.2, 0) is 6.42 Å². The molecular formula is C13H23N5. The zero-order valence-electron chi connectivity index (χ0n) is 11.4. The third-order valence-electron chi connectivity index (χ3n) is 3.60. The Morgan fingerprint density at radius 2 is 1.83 bits per heavy atom. The van der Waals surface area contributed by atoms with E-state index in [-0.39, 0.29) is 0 Å². The Kier molecular flexibility index (Phi) is 4.36. The molecule has 1 aromatic rings. The van der Waals surface area contributed by atoms with Gasteiger partial charge >= 0.3 is 0 Å². The van der Waals surface area contributed by atoms with E-state index in [4.69, 9.17) is 5.84 Å². The van der Waals surface area contributed by atoms with Gasteiger partial charge in [-0.15, -0.1) is 0 Å². The fourth-order valence-electron chi connectivity index (χ4n) is 2.45. The summed E-state index contributed by atoms with van der Waals surface area (Å²) >= 11 is 0. The van der Waals surface area contributed by atoms with Gasteiger partial charge in [-0.05, 0) is 26.2 Å². The minimum absolute atomic E-state index is 0.751. The van der Waals surface area contributed by atoms with E-state index in [9.17, 15) is 0 Å². The van der Waals surface area contributed by atoms with Crippen molar-refractivity contribution in [3.8, 4) is 0 Å². The van der Waals surface area contributed by atoms with Gasteiger partial charge in [0, 0.05) is 18.7 Å². The zero-order chi connectivity index (χ0) is 13.0. The Morgan fingerprint density at radius 1 is 1.17 bits per heavy atom. The van der Waals surface area contributed by atoms with Crippen molar-refractivity contribution in [1.82, 2.24) is 9.97 Å². The summed E-state index contributed by atoms with van der Waals surface area (Å²) in [6, 6.07) is 0. The standard InChI is InChI=1S/C13H23N5/c1-3-11-10(2)12(17-14)16-13(15-11)18-8-6-4-5-7-9-18/h3-9,14H2,1-2H3,(H,15,16,17). The topological polar surface area (TPSA) is 67.1 Å². The van der Waals surface area contributed by atoms with Crippen molar-refractivity contribution in [2.24, 2.45) is 5.84 Å². The van der Waals surface area contributed by atoms with Gasteiger partial charge in [-0.3, -0.25) is 0 Å². The number of nitrogens with one attached hydrogen (secondary N) is 1. The van der Waals surface area contributed by atoms with Gasteiger partial charge in [0.05, 0.1) is 5.69 Å². The SMILES string of the molecule is CCc1nc(N2CCCCCC2)nc(NN)c1C. The Labute approximate surface area is 109 Å². The molecule has 0 unspecified atom stereocenters. The van der Waals surface area contributed by atoms with Gasteiger partial charge in [-0.25, -0.2) is 10.8 Å². The van der Waals surface area contributed by atoms with Crippen LogP contribution in [-0.4, -0.2) is 23.1 Å². The van der Waals surface area contributed by atoms with Crippen LogP contribution in [0.25, 0.3) is 0 Å². The molecule has 0 amide bonds. The maximum atomic E-state index is 5.54. The zero-order valence-corrected chi connectivity index (χ0v) is 11.4. The van der Waals surface area contributed by atoms with Gasteiger partial charge in [-0.1, -0.05) is 19.8 Å². The van der Waals surface area contributed by atoms with Crippen LogP contribution in [0.3, 0.4) is 0 Å². The molecule has 0 saturated carbocycles. The highest BCUT2D eigenvalue weighted by molar-refractivity contribution is 5.50. The molecule has 100 valence electrons. The molecule has 1 aliphatic rings. The second kappa shape index (κ2) is 6.00. The van der Waals surface area contributed by atoms with Crippen molar-refractivity contribution < 1.29 is 0 Å². The summed E-state index contributed by atoms with van der Waals surface area (Å²) in [7, 11) is 0. The first-order valence-electron chi connectivity index (χ1n) is 6.85. The Morgan fingerprint density at radius 3 is 2.39 bits per heavy atom. The largest absolute Gasteiger partial charge is 0.341 e.